The molecule has 0 aliphatic heterocycles. The predicted molar refractivity (Wildman–Crippen MR) is 188 cm³/mol. The van der Waals surface area contributed by atoms with Crippen LogP contribution in [0.1, 0.15) is 6.85 Å². The minimum Gasteiger partial charge on any atom is -0.135 e. The van der Waals surface area contributed by atoms with E-state index in [9.17, 15) is 0 Å². The van der Waals surface area contributed by atoms with E-state index in [1.165, 1.54) is 30.9 Å². The van der Waals surface area contributed by atoms with Gasteiger partial charge < -0.3 is 0 Å². The average molecular weight is 568 g/mol. The Bertz CT molecular complexity index is 2710. The molecule has 9 rings (SSSR count). The van der Waals surface area contributed by atoms with Gasteiger partial charge in [-0.15, -0.1) is 11.3 Å². The third-order valence-electron chi connectivity index (χ3n) is 8.55. The number of hydrogen-bond donors (Lipinski definition) is 0. The van der Waals surface area contributed by atoms with Crippen molar-refractivity contribution in [1.29, 1.82) is 0 Å². The monoisotopic (exact) mass is 567 g/mol. The average Bonchev–Trinajstić information content (AvgIpc) is 3.53. The summed E-state index contributed by atoms with van der Waals surface area (Å²) in [6.07, 6.45) is 0. The highest BCUT2D eigenvalue weighted by atomic mass is 32.1. The van der Waals surface area contributed by atoms with Crippen molar-refractivity contribution in [2.75, 3.05) is 0 Å². The summed E-state index contributed by atoms with van der Waals surface area (Å²) in [5.74, 6) is 0. The van der Waals surface area contributed by atoms with Crippen LogP contribution in [-0.4, -0.2) is 0 Å². The molecule has 200 valence electrons. The van der Waals surface area contributed by atoms with Crippen LogP contribution >= 0.6 is 11.3 Å². The molecular weight excluding hydrogens is 537 g/mol. The minimum atomic E-state index is -0.393. The summed E-state index contributed by atoms with van der Waals surface area (Å²) in [7, 11) is 0. The van der Waals surface area contributed by atoms with E-state index in [0.717, 1.165) is 43.8 Å². The number of thiophene rings is 1. The summed E-state index contributed by atoms with van der Waals surface area (Å²) in [6, 6.07) is 42.8. The smallest absolute Gasteiger partial charge is 0.0629 e. The van der Waals surface area contributed by atoms with E-state index >= 15 is 0 Å². The lowest BCUT2D eigenvalue weighted by atomic mass is 9.83. The van der Waals surface area contributed by atoms with Crippen LogP contribution in [-0.2, 0) is 0 Å². The molecule has 0 radical (unpaired) electrons. The second-order valence-corrected chi connectivity index (χ2v) is 11.9. The molecule has 0 unspecified atom stereocenters. The third kappa shape index (κ3) is 3.69. The van der Waals surface area contributed by atoms with Crippen molar-refractivity contribution < 1.29 is 6.85 Å². The van der Waals surface area contributed by atoms with Gasteiger partial charge in [-0.2, -0.15) is 0 Å². The van der Waals surface area contributed by atoms with Crippen molar-refractivity contribution in [3.05, 3.63) is 158 Å². The van der Waals surface area contributed by atoms with Gasteiger partial charge in [-0.3, -0.25) is 0 Å². The predicted octanol–water partition coefficient (Wildman–Crippen LogP) is 12.5. The van der Waals surface area contributed by atoms with Gasteiger partial charge in [0.2, 0.25) is 0 Å². The Labute approximate surface area is 261 Å². The summed E-state index contributed by atoms with van der Waals surface area (Å²) < 4.78 is 45.4. The second kappa shape index (κ2) is 9.66. The Morgan fingerprint density at radius 1 is 0.395 bits per heavy atom. The molecule has 0 N–H and O–H groups in total. The zero-order valence-corrected chi connectivity index (χ0v) is 23.8. The Morgan fingerprint density at radius 3 is 1.67 bits per heavy atom. The summed E-state index contributed by atoms with van der Waals surface area (Å²) in [6.45, 7) is 0. The highest BCUT2D eigenvalue weighted by molar-refractivity contribution is 7.26. The highest BCUT2D eigenvalue weighted by Crippen LogP contribution is 2.49. The van der Waals surface area contributed by atoms with Gasteiger partial charge >= 0.3 is 0 Å². The van der Waals surface area contributed by atoms with E-state index in [0.29, 0.717) is 5.56 Å². The highest BCUT2D eigenvalue weighted by Gasteiger charge is 2.20. The molecule has 0 saturated carbocycles. The minimum absolute atomic E-state index is 0.201. The number of fused-ring (bicyclic) bond motifs is 7. The van der Waals surface area contributed by atoms with Crippen LogP contribution in [0, 0.1) is 0 Å². The van der Waals surface area contributed by atoms with Crippen LogP contribution in [0.5, 0.6) is 0 Å². The maximum atomic E-state index is 8.90. The van der Waals surface area contributed by atoms with Crippen molar-refractivity contribution in [2.45, 2.75) is 0 Å². The van der Waals surface area contributed by atoms with Crippen molar-refractivity contribution in [3.8, 4) is 33.4 Å². The molecular formula is C42H26S. The first-order valence-electron chi connectivity index (χ1n) is 16.9. The van der Waals surface area contributed by atoms with Crippen molar-refractivity contribution >= 4 is 63.8 Å². The molecule has 1 aromatic heterocycles. The normalized spacial score (nSPS) is 13.3. The van der Waals surface area contributed by atoms with Gasteiger partial charge in [0.05, 0.1) is 6.85 Å². The van der Waals surface area contributed by atoms with Crippen LogP contribution in [0.2, 0.25) is 0 Å². The Kier molecular flexibility index (Phi) is 4.45. The van der Waals surface area contributed by atoms with Crippen LogP contribution in [0.4, 0.5) is 0 Å². The molecule has 0 saturated heterocycles. The zero-order chi connectivity index (χ0) is 32.7. The topological polar surface area (TPSA) is 0 Å². The second-order valence-electron chi connectivity index (χ2n) is 10.8. The number of benzene rings is 8. The Balaban J connectivity index is 1.42. The molecule has 43 heavy (non-hydrogen) atoms. The number of hydrogen-bond acceptors (Lipinski definition) is 1. The third-order valence-corrected chi connectivity index (χ3v) is 9.68. The van der Waals surface area contributed by atoms with Crippen LogP contribution in [0.25, 0.3) is 85.9 Å². The first-order chi connectivity index (χ1) is 23.4. The van der Waals surface area contributed by atoms with E-state index in [-0.39, 0.29) is 29.7 Å². The molecule has 0 aliphatic carbocycles. The largest absolute Gasteiger partial charge is 0.135 e. The maximum Gasteiger partial charge on any atom is 0.0629 e. The molecule has 0 spiro atoms. The van der Waals surface area contributed by atoms with Gasteiger partial charge in [-0.25, -0.2) is 0 Å². The SMILES string of the molecule is [2H]c1c([2H])c([2H])c(-c2c3ccccc3c(-c3ccccc3-c3cccc4sc5ccc6ccccc6c5c34)c3ccccc23)c([2H])c1[2H]. The lowest BCUT2D eigenvalue weighted by Crippen LogP contribution is -1.92. The van der Waals surface area contributed by atoms with E-state index < -0.39 is 6.04 Å². The van der Waals surface area contributed by atoms with Gasteiger partial charge in [0.1, 0.15) is 0 Å². The Hall–Kier alpha value is -5.24. The maximum absolute atomic E-state index is 8.90. The van der Waals surface area contributed by atoms with Gasteiger partial charge in [0, 0.05) is 20.2 Å². The summed E-state index contributed by atoms with van der Waals surface area (Å²) in [5, 5.41) is 8.56. The van der Waals surface area contributed by atoms with E-state index in [1.807, 2.05) is 47.7 Å². The van der Waals surface area contributed by atoms with Gasteiger partial charge in [-0.1, -0.05) is 145 Å². The lowest BCUT2D eigenvalue weighted by molar-refractivity contribution is 1.63. The fourth-order valence-electron chi connectivity index (χ4n) is 6.81. The van der Waals surface area contributed by atoms with Crippen molar-refractivity contribution in [3.63, 3.8) is 0 Å². The van der Waals surface area contributed by atoms with Crippen molar-refractivity contribution in [2.24, 2.45) is 0 Å². The van der Waals surface area contributed by atoms with Crippen LogP contribution < -0.4 is 0 Å². The molecule has 0 amide bonds. The number of rotatable bonds is 3. The fraction of sp³-hybridized carbons (Fsp3) is 0. The van der Waals surface area contributed by atoms with E-state index in [2.05, 4.69) is 91.0 Å². The fourth-order valence-corrected chi connectivity index (χ4v) is 7.96. The van der Waals surface area contributed by atoms with E-state index in [1.54, 1.807) is 0 Å². The molecule has 0 bridgehead atoms. The van der Waals surface area contributed by atoms with E-state index in [4.69, 9.17) is 6.85 Å². The van der Waals surface area contributed by atoms with Crippen molar-refractivity contribution in [1.82, 2.24) is 0 Å². The molecule has 8 aromatic carbocycles. The molecule has 0 atom stereocenters. The molecule has 9 aromatic rings. The van der Waals surface area contributed by atoms with Gasteiger partial charge in [0.15, 0.2) is 0 Å². The quantitative estimate of drug-likeness (QED) is 0.186. The molecule has 1 heteroatoms. The molecule has 0 nitrogen and oxygen atoms in total. The first kappa shape index (κ1) is 19.8. The van der Waals surface area contributed by atoms with Gasteiger partial charge in [-0.05, 0) is 77.8 Å². The molecule has 1 heterocycles. The molecule has 0 fully saturated rings. The molecule has 0 aliphatic rings. The zero-order valence-electron chi connectivity index (χ0n) is 28.0. The first-order valence-corrected chi connectivity index (χ1v) is 15.2. The van der Waals surface area contributed by atoms with Crippen LogP contribution in [0.3, 0.4) is 0 Å². The van der Waals surface area contributed by atoms with Gasteiger partial charge in [0.25, 0.3) is 0 Å². The van der Waals surface area contributed by atoms with Crippen LogP contribution in [0.15, 0.2) is 158 Å². The lowest BCUT2D eigenvalue weighted by Gasteiger charge is -2.20. The Morgan fingerprint density at radius 2 is 0.953 bits per heavy atom. The summed E-state index contributed by atoms with van der Waals surface area (Å²) in [5.41, 5.74) is 5.26. The summed E-state index contributed by atoms with van der Waals surface area (Å²) in [4.78, 5) is 0. The standard InChI is InChI=1S/C42H26S/c1-2-14-28(15-3-1)39-33-19-8-10-21-35(33)40(36-22-11-9-20-34(36)39)31-18-7-6-17-30(31)32-23-12-24-37-42(32)41-29-16-5-4-13-27(29)25-26-38(41)43-37/h1-26H/i1D,2D,3D,14D,15D. The summed E-state index contributed by atoms with van der Waals surface area (Å²) >= 11 is 1.82.